The van der Waals surface area contributed by atoms with Crippen LogP contribution < -0.4 is 5.73 Å². The highest BCUT2D eigenvalue weighted by atomic mass is 35.5. The van der Waals surface area contributed by atoms with Crippen molar-refractivity contribution in [1.82, 2.24) is 0 Å². The molecule has 0 aliphatic rings. The topological polar surface area (TPSA) is 26.0 Å². The van der Waals surface area contributed by atoms with Crippen LogP contribution in [0.15, 0.2) is 42.5 Å². The van der Waals surface area contributed by atoms with E-state index in [1.54, 1.807) is 0 Å². The van der Waals surface area contributed by atoms with Gasteiger partial charge in [-0.25, -0.2) is 0 Å². The van der Waals surface area contributed by atoms with E-state index < -0.39 is 0 Å². The Labute approximate surface area is 126 Å². The van der Waals surface area contributed by atoms with E-state index in [1.165, 1.54) is 5.56 Å². The first kappa shape index (κ1) is 15.9. The summed E-state index contributed by atoms with van der Waals surface area (Å²) in [6.45, 7) is 6.63. The van der Waals surface area contributed by atoms with Gasteiger partial charge in [0.25, 0.3) is 0 Å². The Morgan fingerprint density at radius 1 is 0.895 bits per heavy atom. The molecule has 2 aromatic rings. The zero-order valence-corrected chi connectivity index (χ0v) is 13.0. The van der Waals surface area contributed by atoms with Crippen molar-refractivity contribution in [1.29, 1.82) is 0 Å². The lowest BCUT2D eigenvalue weighted by atomic mass is 9.86. The van der Waals surface area contributed by atoms with Gasteiger partial charge in [-0.15, -0.1) is 12.4 Å². The molecule has 0 spiro atoms. The first-order valence-electron chi connectivity index (χ1n) is 6.04. The molecule has 1 nitrogen and oxygen atoms in total. The van der Waals surface area contributed by atoms with E-state index in [-0.39, 0.29) is 17.8 Å². The molecule has 102 valence electrons. The van der Waals surface area contributed by atoms with Gasteiger partial charge in [-0.2, -0.15) is 0 Å². The number of anilines is 1. The fraction of sp³-hybridized carbons (Fsp3) is 0.250. The Bertz CT molecular complexity index is 554. The van der Waals surface area contributed by atoms with E-state index in [2.05, 4.69) is 45.0 Å². The van der Waals surface area contributed by atoms with E-state index >= 15 is 0 Å². The van der Waals surface area contributed by atoms with Crippen LogP contribution in [0.4, 0.5) is 5.69 Å². The van der Waals surface area contributed by atoms with Crippen molar-refractivity contribution in [3.05, 3.63) is 53.1 Å². The molecule has 3 heteroatoms. The van der Waals surface area contributed by atoms with Crippen LogP contribution in [0.25, 0.3) is 11.1 Å². The predicted molar refractivity (Wildman–Crippen MR) is 87.2 cm³/mol. The molecule has 0 heterocycles. The number of rotatable bonds is 1. The summed E-state index contributed by atoms with van der Waals surface area (Å²) < 4.78 is 0. The van der Waals surface area contributed by atoms with Gasteiger partial charge >= 0.3 is 0 Å². The number of benzene rings is 2. The summed E-state index contributed by atoms with van der Waals surface area (Å²) in [5.41, 5.74) is 10.1. The van der Waals surface area contributed by atoms with E-state index in [4.69, 9.17) is 17.3 Å². The zero-order chi connectivity index (χ0) is 13.3. The van der Waals surface area contributed by atoms with Crippen molar-refractivity contribution >= 4 is 29.7 Å². The summed E-state index contributed by atoms with van der Waals surface area (Å²) in [4.78, 5) is 0. The van der Waals surface area contributed by atoms with Crippen LogP contribution in [0, 0.1) is 0 Å². The highest BCUT2D eigenvalue weighted by Gasteiger charge is 2.13. The van der Waals surface area contributed by atoms with Crippen LogP contribution in [-0.4, -0.2) is 0 Å². The number of nitrogens with two attached hydrogens (primary N) is 1. The third-order valence-corrected chi connectivity index (χ3v) is 3.41. The van der Waals surface area contributed by atoms with E-state index in [1.807, 2.05) is 18.2 Å². The molecule has 0 atom stereocenters. The summed E-state index contributed by atoms with van der Waals surface area (Å²) in [5.74, 6) is 0. The minimum atomic E-state index is 0. The maximum atomic E-state index is 6.04. The Balaban J connectivity index is 0.00000180. The smallest absolute Gasteiger partial charge is 0.0641 e. The molecule has 0 unspecified atom stereocenters. The highest BCUT2D eigenvalue weighted by Crippen LogP contribution is 2.29. The fourth-order valence-electron chi connectivity index (χ4n) is 1.87. The average Bonchev–Trinajstić information content (AvgIpc) is 2.32. The molecule has 0 bridgehead atoms. The fourth-order valence-corrected chi connectivity index (χ4v) is 2.05. The lowest BCUT2D eigenvalue weighted by Crippen LogP contribution is -2.10. The van der Waals surface area contributed by atoms with Gasteiger partial charge < -0.3 is 5.73 Å². The Kier molecular flexibility index (Phi) is 4.89. The van der Waals surface area contributed by atoms with Crippen molar-refractivity contribution in [2.24, 2.45) is 0 Å². The maximum Gasteiger partial charge on any atom is 0.0641 e. The van der Waals surface area contributed by atoms with Gasteiger partial charge in [0.15, 0.2) is 0 Å². The first-order chi connectivity index (χ1) is 8.38. The molecule has 0 aromatic heterocycles. The third-order valence-electron chi connectivity index (χ3n) is 3.08. The number of hydrogen-bond donors (Lipinski definition) is 1. The molecule has 0 saturated heterocycles. The summed E-state index contributed by atoms with van der Waals surface area (Å²) >= 11 is 6.04. The van der Waals surface area contributed by atoms with Gasteiger partial charge in [-0.1, -0.05) is 62.7 Å². The number of nitrogen functional groups attached to an aromatic ring is 1. The second-order valence-corrected chi connectivity index (χ2v) is 5.97. The largest absolute Gasteiger partial charge is 0.398 e. The Morgan fingerprint density at radius 2 is 1.42 bits per heavy atom. The molecule has 2 aromatic carbocycles. The van der Waals surface area contributed by atoms with Crippen molar-refractivity contribution in [3.8, 4) is 11.1 Å². The lowest BCUT2D eigenvalue weighted by molar-refractivity contribution is 0.590. The van der Waals surface area contributed by atoms with Gasteiger partial charge in [0.1, 0.15) is 0 Å². The molecule has 0 aliphatic carbocycles. The second kappa shape index (κ2) is 5.85. The molecule has 0 aliphatic heterocycles. The van der Waals surface area contributed by atoms with Crippen LogP contribution in [0.2, 0.25) is 5.02 Å². The summed E-state index contributed by atoms with van der Waals surface area (Å²) in [6.07, 6.45) is 0. The monoisotopic (exact) mass is 295 g/mol. The quantitative estimate of drug-likeness (QED) is 0.709. The first-order valence-corrected chi connectivity index (χ1v) is 6.42. The Hall–Kier alpha value is -1.18. The van der Waals surface area contributed by atoms with E-state index in [0.29, 0.717) is 10.7 Å². The SMILES string of the molecule is CC(C)(C)c1ccc(-c2ccc(N)c(Cl)c2)cc1.Cl. The third kappa shape index (κ3) is 3.65. The molecule has 0 amide bonds. The molecular weight excluding hydrogens is 277 g/mol. The second-order valence-electron chi connectivity index (χ2n) is 5.56. The molecular formula is C16H19Cl2N. The summed E-state index contributed by atoms with van der Waals surface area (Å²) in [5, 5.41) is 0.604. The van der Waals surface area contributed by atoms with Crippen molar-refractivity contribution in [2.75, 3.05) is 5.73 Å². The molecule has 2 rings (SSSR count). The molecule has 0 saturated carbocycles. The standard InChI is InChI=1S/C16H18ClN.ClH/c1-16(2,3)13-7-4-11(5-8-13)12-6-9-15(18)14(17)10-12;/h4-10H,18H2,1-3H3;1H. The van der Waals surface area contributed by atoms with Crippen LogP contribution in [0.5, 0.6) is 0 Å². The Morgan fingerprint density at radius 3 is 1.89 bits per heavy atom. The van der Waals surface area contributed by atoms with Gasteiger partial charge in [0.2, 0.25) is 0 Å². The highest BCUT2D eigenvalue weighted by molar-refractivity contribution is 6.33. The summed E-state index contributed by atoms with van der Waals surface area (Å²) in [7, 11) is 0. The summed E-state index contributed by atoms with van der Waals surface area (Å²) in [6, 6.07) is 14.3. The van der Waals surface area contributed by atoms with E-state index in [9.17, 15) is 0 Å². The van der Waals surface area contributed by atoms with E-state index in [0.717, 1.165) is 11.1 Å². The van der Waals surface area contributed by atoms with Crippen LogP contribution >= 0.6 is 24.0 Å². The molecule has 2 N–H and O–H groups in total. The molecule has 0 fully saturated rings. The maximum absolute atomic E-state index is 6.04. The number of hydrogen-bond acceptors (Lipinski definition) is 1. The van der Waals surface area contributed by atoms with Crippen molar-refractivity contribution in [2.45, 2.75) is 26.2 Å². The van der Waals surface area contributed by atoms with Gasteiger partial charge in [-0.05, 0) is 34.2 Å². The van der Waals surface area contributed by atoms with Crippen LogP contribution in [0.3, 0.4) is 0 Å². The van der Waals surface area contributed by atoms with Crippen LogP contribution in [0.1, 0.15) is 26.3 Å². The predicted octanol–water partition coefficient (Wildman–Crippen LogP) is 5.31. The van der Waals surface area contributed by atoms with Gasteiger partial charge in [0.05, 0.1) is 10.7 Å². The van der Waals surface area contributed by atoms with Gasteiger partial charge in [0, 0.05) is 0 Å². The van der Waals surface area contributed by atoms with Crippen LogP contribution in [-0.2, 0) is 5.41 Å². The minimum Gasteiger partial charge on any atom is -0.398 e. The minimum absolute atomic E-state index is 0. The number of halogens is 2. The molecule has 19 heavy (non-hydrogen) atoms. The average molecular weight is 296 g/mol. The van der Waals surface area contributed by atoms with Crippen molar-refractivity contribution in [3.63, 3.8) is 0 Å². The lowest BCUT2D eigenvalue weighted by Gasteiger charge is -2.19. The van der Waals surface area contributed by atoms with Gasteiger partial charge in [-0.3, -0.25) is 0 Å². The zero-order valence-electron chi connectivity index (χ0n) is 11.4. The normalized spacial score (nSPS) is 10.9. The molecule has 0 radical (unpaired) electrons. The van der Waals surface area contributed by atoms with Crippen molar-refractivity contribution < 1.29 is 0 Å².